The van der Waals surface area contributed by atoms with Gasteiger partial charge in [0.05, 0.1) is 13.2 Å². The number of hydrogen-bond acceptors (Lipinski definition) is 3. The van der Waals surface area contributed by atoms with Crippen LogP contribution in [-0.4, -0.2) is 19.1 Å². The first-order valence-electron chi connectivity index (χ1n) is 6.39. The van der Waals surface area contributed by atoms with E-state index in [2.05, 4.69) is 36.3 Å². The smallest absolute Gasteiger partial charge is 0.122 e. The fraction of sp³-hybridized carbons (Fsp3) is 0.312. The van der Waals surface area contributed by atoms with E-state index in [1.807, 2.05) is 31.6 Å². The molecule has 3 heteroatoms. The molecule has 0 aliphatic carbocycles. The van der Waals surface area contributed by atoms with Crippen molar-refractivity contribution in [1.82, 2.24) is 10.3 Å². The summed E-state index contributed by atoms with van der Waals surface area (Å²) in [5.74, 6) is 0.936. The van der Waals surface area contributed by atoms with Gasteiger partial charge in [0, 0.05) is 12.4 Å². The van der Waals surface area contributed by atoms with Gasteiger partial charge >= 0.3 is 0 Å². The zero-order chi connectivity index (χ0) is 13.8. The third kappa shape index (κ3) is 2.76. The fourth-order valence-electron chi connectivity index (χ4n) is 2.40. The molecule has 2 rings (SSSR count). The van der Waals surface area contributed by atoms with E-state index >= 15 is 0 Å². The Morgan fingerprint density at radius 1 is 1.11 bits per heavy atom. The minimum atomic E-state index is 0.174. The molecule has 3 nitrogen and oxygen atoms in total. The molecule has 1 N–H and O–H groups in total. The number of nitrogens with zero attached hydrogens (tertiary/aromatic N) is 1. The highest BCUT2D eigenvalue weighted by Gasteiger charge is 2.15. The summed E-state index contributed by atoms with van der Waals surface area (Å²) in [6.07, 6.45) is 3.65. The molecule has 100 valence electrons. The highest BCUT2D eigenvalue weighted by Crippen LogP contribution is 2.29. The van der Waals surface area contributed by atoms with Gasteiger partial charge in [-0.2, -0.15) is 0 Å². The number of nitrogens with one attached hydrogen (secondary N) is 1. The molecule has 2 aromatic rings. The van der Waals surface area contributed by atoms with Crippen LogP contribution in [0.3, 0.4) is 0 Å². The fourth-order valence-corrected chi connectivity index (χ4v) is 2.40. The lowest BCUT2D eigenvalue weighted by molar-refractivity contribution is 0.411. The van der Waals surface area contributed by atoms with Gasteiger partial charge in [0.2, 0.25) is 0 Å². The molecule has 19 heavy (non-hydrogen) atoms. The maximum absolute atomic E-state index is 5.37. The molecule has 0 aliphatic heterocycles. The molecule has 1 aromatic heterocycles. The van der Waals surface area contributed by atoms with Crippen molar-refractivity contribution < 1.29 is 4.74 Å². The van der Waals surface area contributed by atoms with Crippen LogP contribution in [0.15, 0.2) is 36.7 Å². The molecule has 0 spiro atoms. The van der Waals surface area contributed by atoms with Crippen molar-refractivity contribution in [1.29, 1.82) is 0 Å². The minimum Gasteiger partial charge on any atom is -0.496 e. The van der Waals surface area contributed by atoms with Gasteiger partial charge in [-0.1, -0.05) is 6.07 Å². The zero-order valence-electron chi connectivity index (χ0n) is 11.9. The topological polar surface area (TPSA) is 34.2 Å². The van der Waals surface area contributed by atoms with Crippen LogP contribution in [-0.2, 0) is 0 Å². The second kappa shape index (κ2) is 5.85. The summed E-state index contributed by atoms with van der Waals surface area (Å²) in [6.45, 7) is 4.18. The second-order valence-electron chi connectivity index (χ2n) is 4.68. The Kier molecular flexibility index (Phi) is 4.17. The largest absolute Gasteiger partial charge is 0.496 e. The number of ether oxygens (including phenoxy) is 1. The maximum atomic E-state index is 5.37. The summed E-state index contributed by atoms with van der Waals surface area (Å²) < 4.78 is 5.37. The number of methoxy groups -OCH3 is 1. The third-order valence-electron chi connectivity index (χ3n) is 3.42. The van der Waals surface area contributed by atoms with Gasteiger partial charge in [-0.25, -0.2) is 0 Å². The molecular formula is C16H20N2O. The Hall–Kier alpha value is -1.87. The number of aryl methyl sites for hydroxylation is 2. The Morgan fingerprint density at radius 3 is 2.37 bits per heavy atom. The van der Waals surface area contributed by atoms with E-state index in [1.165, 1.54) is 16.7 Å². The first-order valence-corrected chi connectivity index (χ1v) is 6.39. The Balaban J connectivity index is 2.47. The first kappa shape index (κ1) is 13.6. The van der Waals surface area contributed by atoms with E-state index in [9.17, 15) is 0 Å². The van der Waals surface area contributed by atoms with Crippen LogP contribution < -0.4 is 10.1 Å². The highest BCUT2D eigenvalue weighted by atomic mass is 16.5. The van der Waals surface area contributed by atoms with Crippen LogP contribution in [0.1, 0.15) is 28.3 Å². The van der Waals surface area contributed by atoms with Crippen molar-refractivity contribution in [3.8, 4) is 5.75 Å². The van der Waals surface area contributed by atoms with Crippen LogP contribution in [0.25, 0.3) is 0 Å². The average molecular weight is 256 g/mol. The van der Waals surface area contributed by atoms with Crippen LogP contribution >= 0.6 is 0 Å². The molecule has 0 saturated heterocycles. The second-order valence-corrected chi connectivity index (χ2v) is 4.68. The monoisotopic (exact) mass is 256 g/mol. The lowest BCUT2D eigenvalue weighted by atomic mass is 9.94. The third-order valence-corrected chi connectivity index (χ3v) is 3.42. The van der Waals surface area contributed by atoms with E-state index in [0.29, 0.717) is 0 Å². The summed E-state index contributed by atoms with van der Waals surface area (Å²) in [6, 6.07) is 8.54. The van der Waals surface area contributed by atoms with Gasteiger partial charge in [-0.05, 0) is 61.3 Å². The van der Waals surface area contributed by atoms with Crippen molar-refractivity contribution in [2.45, 2.75) is 19.9 Å². The van der Waals surface area contributed by atoms with E-state index in [-0.39, 0.29) is 6.04 Å². The van der Waals surface area contributed by atoms with Crippen molar-refractivity contribution in [2.75, 3.05) is 14.2 Å². The number of rotatable bonds is 4. The van der Waals surface area contributed by atoms with E-state index in [4.69, 9.17) is 4.74 Å². The normalized spacial score (nSPS) is 12.2. The van der Waals surface area contributed by atoms with Crippen LogP contribution in [0, 0.1) is 13.8 Å². The van der Waals surface area contributed by atoms with Crippen molar-refractivity contribution >= 4 is 0 Å². The summed E-state index contributed by atoms with van der Waals surface area (Å²) in [5.41, 5.74) is 4.85. The molecule has 1 aromatic carbocycles. The lowest BCUT2D eigenvalue weighted by Gasteiger charge is -2.21. The van der Waals surface area contributed by atoms with Gasteiger partial charge < -0.3 is 10.1 Å². The number of hydrogen-bond donors (Lipinski definition) is 1. The van der Waals surface area contributed by atoms with Crippen molar-refractivity contribution in [3.63, 3.8) is 0 Å². The first-order chi connectivity index (χ1) is 9.17. The molecule has 0 fully saturated rings. The molecule has 0 radical (unpaired) electrons. The predicted octanol–water partition coefficient (Wildman–Crippen LogP) is 3.02. The molecule has 1 heterocycles. The Morgan fingerprint density at radius 2 is 1.79 bits per heavy atom. The van der Waals surface area contributed by atoms with E-state index in [0.717, 1.165) is 11.3 Å². The summed E-state index contributed by atoms with van der Waals surface area (Å²) in [7, 11) is 3.68. The molecule has 0 aliphatic rings. The number of aromatic nitrogens is 1. The van der Waals surface area contributed by atoms with Gasteiger partial charge in [0.25, 0.3) is 0 Å². The van der Waals surface area contributed by atoms with Gasteiger partial charge in [0.15, 0.2) is 0 Å². The van der Waals surface area contributed by atoms with Gasteiger partial charge in [0.1, 0.15) is 5.75 Å². The molecule has 0 bridgehead atoms. The molecular weight excluding hydrogens is 236 g/mol. The van der Waals surface area contributed by atoms with Crippen LogP contribution in [0.4, 0.5) is 0 Å². The average Bonchev–Trinajstić information content (AvgIpc) is 2.44. The van der Waals surface area contributed by atoms with Gasteiger partial charge in [-0.15, -0.1) is 0 Å². The Bertz CT molecular complexity index is 552. The lowest BCUT2D eigenvalue weighted by Crippen LogP contribution is -2.19. The van der Waals surface area contributed by atoms with Crippen molar-refractivity contribution in [2.24, 2.45) is 0 Å². The summed E-state index contributed by atoms with van der Waals surface area (Å²) >= 11 is 0. The molecule has 0 saturated carbocycles. The Labute approximate surface area is 114 Å². The van der Waals surface area contributed by atoms with Crippen LogP contribution in [0.5, 0.6) is 5.75 Å². The predicted molar refractivity (Wildman–Crippen MR) is 77.6 cm³/mol. The SMILES string of the molecule is CNC(c1ccncc1)c1cc(C)c(OC)cc1C. The summed E-state index contributed by atoms with van der Waals surface area (Å²) in [5, 5.41) is 3.37. The van der Waals surface area contributed by atoms with Crippen LogP contribution in [0.2, 0.25) is 0 Å². The highest BCUT2D eigenvalue weighted by molar-refractivity contribution is 5.45. The zero-order valence-corrected chi connectivity index (χ0v) is 11.9. The molecule has 1 unspecified atom stereocenters. The minimum absolute atomic E-state index is 0.174. The van der Waals surface area contributed by atoms with Crippen molar-refractivity contribution in [3.05, 3.63) is 58.9 Å². The van der Waals surface area contributed by atoms with E-state index in [1.54, 1.807) is 7.11 Å². The maximum Gasteiger partial charge on any atom is 0.122 e. The molecule has 0 amide bonds. The van der Waals surface area contributed by atoms with Gasteiger partial charge in [-0.3, -0.25) is 4.98 Å². The molecule has 1 atom stereocenters. The summed E-state index contributed by atoms with van der Waals surface area (Å²) in [4.78, 5) is 4.08. The number of benzene rings is 1. The van der Waals surface area contributed by atoms with E-state index < -0.39 is 0 Å². The number of pyridine rings is 1. The standard InChI is InChI=1S/C16H20N2O/c1-11-10-15(19-4)12(2)9-14(11)16(17-3)13-5-7-18-8-6-13/h5-10,16-17H,1-4H3. The quantitative estimate of drug-likeness (QED) is 0.913.